The second kappa shape index (κ2) is 10.6. The van der Waals surface area contributed by atoms with Gasteiger partial charge in [-0.25, -0.2) is 8.42 Å². The van der Waals surface area contributed by atoms with Crippen LogP contribution in [0, 0.1) is 5.92 Å². The molecule has 8 heteroatoms. The fraction of sp³-hybridized carbons (Fsp3) is 0.435. The van der Waals surface area contributed by atoms with Gasteiger partial charge in [0.1, 0.15) is 11.5 Å². The van der Waals surface area contributed by atoms with Gasteiger partial charge in [0.15, 0.2) is 0 Å². The van der Waals surface area contributed by atoms with Crippen LogP contribution in [0.15, 0.2) is 53.4 Å². The number of ether oxygens (including phenoxy) is 2. The van der Waals surface area contributed by atoms with Crippen LogP contribution in [0.4, 0.5) is 0 Å². The summed E-state index contributed by atoms with van der Waals surface area (Å²) in [6, 6.07) is 14.1. The molecule has 2 aromatic carbocycles. The predicted octanol–water partition coefficient (Wildman–Crippen LogP) is 3.20. The first kappa shape index (κ1) is 23.1. The molecule has 0 aliphatic carbocycles. The van der Waals surface area contributed by atoms with Gasteiger partial charge >= 0.3 is 0 Å². The third-order valence-electron chi connectivity index (χ3n) is 5.64. The zero-order chi connectivity index (χ0) is 22.3. The van der Waals surface area contributed by atoms with Crippen molar-refractivity contribution in [1.29, 1.82) is 0 Å². The van der Waals surface area contributed by atoms with E-state index in [2.05, 4.69) is 5.32 Å². The zero-order valence-corrected chi connectivity index (χ0v) is 18.9. The standard InChI is InChI=1S/C23H30N2O5S/c1-29-20-14-19(15-21(16-20)30-2)17-24-23(26)9-8-18-10-12-25(13-11-18)31(27,28)22-6-4-3-5-7-22/h3-7,14-16,18H,8-13,17H2,1-2H3,(H,24,26). The van der Waals surface area contributed by atoms with Crippen LogP contribution in [-0.2, 0) is 21.4 Å². The lowest BCUT2D eigenvalue weighted by molar-refractivity contribution is -0.121. The van der Waals surface area contributed by atoms with E-state index >= 15 is 0 Å². The van der Waals surface area contributed by atoms with Crippen LogP contribution in [0.2, 0.25) is 0 Å². The molecule has 0 bridgehead atoms. The Morgan fingerprint density at radius 2 is 1.65 bits per heavy atom. The number of sulfonamides is 1. The number of carbonyl (C=O) groups is 1. The lowest BCUT2D eigenvalue weighted by Gasteiger charge is -2.31. The van der Waals surface area contributed by atoms with E-state index in [-0.39, 0.29) is 5.91 Å². The van der Waals surface area contributed by atoms with E-state index < -0.39 is 10.0 Å². The van der Waals surface area contributed by atoms with Crippen molar-refractivity contribution in [2.75, 3.05) is 27.3 Å². The molecule has 1 heterocycles. The van der Waals surface area contributed by atoms with Gasteiger partial charge in [-0.1, -0.05) is 18.2 Å². The summed E-state index contributed by atoms with van der Waals surface area (Å²) in [6.07, 6.45) is 2.72. The van der Waals surface area contributed by atoms with Crippen molar-refractivity contribution in [2.24, 2.45) is 5.92 Å². The van der Waals surface area contributed by atoms with Gasteiger partial charge < -0.3 is 14.8 Å². The quantitative estimate of drug-likeness (QED) is 0.639. The maximum atomic E-state index is 12.7. The molecule has 1 aliphatic rings. The van der Waals surface area contributed by atoms with Crippen molar-refractivity contribution in [3.05, 3.63) is 54.1 Å². The molecule has 1 N–H and O–H groups in total. The molecular weight excluding hydrogens is 416 g/mol. The molecule has 7 nitrogen and oxygen atoms in total. The second-order valence-electron chi connectivity index (χ2n) is 7.70. The number of benzene rings is 2. The number of nitrogens with one attached hydrogen (secondary N) is 1. The summed E-state index contributed by atoms with van der Waals surface area (Å²) in [7, 11) is -0.252. The van der Waals surface area contributed by atoms with E-state index in [0.717, 1.165) is 24.8 Å². The minimum Gasteiger partial charge on any atom is -0.497 e. The lowest BCUT2D eigenvalue weighted by atomic mass is 9.93. The Labute approximate surface area is 184 Å². The molecule has 0 saturated carbocycles. The van der Waals surface area contributed by atoms with Crippen LogP contribution >= 0.6 is 0 Å². The first-order valence-electron chi connectivity index (χ1n) is 10.5. The fourth-order valence-corrected chi connectivity index (χ4v) is 5.26. The van der Waals surface area contributed by atoms with Crippen LogP contribution in [0.25, 0.3) is 0 Å². The Bertz CT molecular complexity index is 948. The molecule has 0 radical (unpaired) electrons. The minimum atomic E-state index is -3.43. The Balaban J connectivity index is 1.43. The predicted molar refractivity (Wildman–Crippen MR) is 119 cm³/mol. The number of carbonyl (C=O) groups excluding carboxylic acids is 1. The van der Waals surface area contributed by atoms with Crippen LogP contribution in [-0.4, -0.2) is 45.9 Å². The van der Waals surface area contributed by atoms with E-state index in [0.29, 0.717) is 48.4 Å². The summed E-state index contributed by atoms with van der Waals surface area (Å²) < 4.78 is 37.5. The van der Waals surface area contributed by atoms with Crippen molar-refractivity contribution in [3.63, 3.8) is 0 Å². The zero-order valence-electron chi connectivity index (χ0n) is 18.0. The SMILES string of the molecule is COc1cc(CNC(=O)CCC2CCN(S(=O)(=O)c3ccccc3)CC2)cc(OC)c1. The van der Waals surface area contributed by atoms with Crippen LogP contribution in [0.1, 0.15) is 31.2 Å². The molecule has 3 rings (SSSR count). The van der Waals surface area contributed by atoms with Gasteiger partial charge in [0.25, 0.3) is 0 Å². The monoisotopic (exact) mass is 446 g/mol. The third kappa shape index (κ3) is 6.21. The van der Waals surface area contributed by atoms with Gasteiger partial charge in [0.2, 0.25) is 15.9 Å². The normalized spacial score (nSPS) is 15.4. The highest BCUT2D eigenvalue weighted by Gasteiger charge is 2.29. The number of hydrogen-bond acceptors (Lipinski definition) is 5. The molecule has 1 amide bonds. The van der Waals surface area contributed by atoms with E-state index in [1.54, 1.807) is 54.9 Å². The van der Waals surface area contributed by atoms with Crippen molar-refractivity contribution in [3.8, 4) is 11.5 Å². The van der Waals surface area contributed by atoms with Crippen LogP contribution in [0.5, 0.6) is 11.5 Å². The summed E-state index contributed by atoms with van der Waals surface area (Å²) >= 11 is 0. The molecule has 0 unspecified atom stereocenters. The lowest BCUT2D eigenvalue weighted by Crippen LogP contribution is -2.38. The molecule has 2 aromatic rings. The van der Waals surface area contributed by atoms with Gasteiger partial charge in [-0.2, -0.15) is 4.31 Å². The number of hydrogen-bond donors (Lipinski definition) is 1. The molecule has 1 saturated heterocycles. The van der Waals surface area contributed by atoms with E-state index in [1.807, 2.05) is 12.1 Å². The van der Waals surface area contributed by atoms with Crippen LogP contribution < -0.4 is 14.8 Å². The van der Waals surface area contributed by atoms with Gasteiger partial charge in [-0.15, -0.1) is 0 Å². The molecule has 0 spiro atoms. The molecule has 1 aliphatic heterocycles. The number of nitrogens with zero attached hydrogens (tertiary/aromatic N) is 1. The molecule has 168 valence electrons. The minimum absolute atomic E-state index is 0.0128. The highest BCUT2D eigenvalue weighted by atomic mass is 32.2. The number of amides is 1. The molecule has 31 heavy (non-hydrogen) atoms. The highest BCUT2D eigenvalue weighted by Crippen LogP contribution is 2.26. The van der Waals surface area contributed by atoms with Gasteiger partial charge in [-0.05, 0) is 55.0 Å². The molecule has 1 fully saturated rings. The maximum Gasteiger partial charge on any atom is 0.243 e. The van der Waals surface area contributed by atoms with Crippen LogP contribution in [0.3, 0.4) is 0 Å². The second-order valence-corrected chi connectivity index (χ2v) is 9.63. The Morgan fingerprint density at radius 3 is 2.23 bits per heavy atom. The van der Waals surface area contributed by atoms with Gasteiger partial charge in [-0.3, -0.25) is 4.79 Å². The van der Waals surface area contributed by atoms with Crippen molar-refractivity contribution >= 4 is 15.9 Å². The number of methoxy groups -OCH3 is 2. The Morgan fingerprint density at radius 1 is 1.03 bits per heavy atom. The average Bonchev–Trinajstić information content (AvgIpc) is 2.82. The number of rotatable bonds is 9. The Kier molecular flexibility index (Phi) is 7.92. The third-order valence-corrected chi connectivity index (χ3v) is 7.55. The largest absolute Gasteiger partial charge is 0.497 e. The first-order chi connectivity index (χ1) is 14.9. The fourth-order valence-electron chi connectivity index (χ4n) is 3.77. The van der Waals surface area contributed by atoms with Gasteiger partial charge in [0.05, 0.1) is 19.1 Å². The smallest absolute Gasteiger partial charge is 0.243 e. The molecule has 0 aromatic heterocycles. The summed E-state index contributed by atoms with van der Waals surface area (Å²) in [5.74, 6) is 1.70. The van der Waals surface area contributed by atoms with E-state index in [4.69, 9.17) is 9.47 Å². The molecule has 0 atom stereocenters. The summed E-state index contributed by atoms with van der Waals surface area (Å²) in [4.78, 5) is 12.6. The van der Waals surface area contributed by atoms with E-state index in [9.17, 15) is 13.2 Å². The topological polar surface area (TPSA) is 84.9 Å². The summed E-state index contributed by atoms with van der Waals surface area (Å²) in [5, 5.41) is 2.94. The van der Waals surface area contributed by atoms with Gasteiger partial charge in [0, 0.05) is 32.1 Å². The maximum absolute atomic E-state index is 12.7. The summed E-state index contributed by atoms with van der Waals surface area (Å²) in [5.41, 5.74) is 0.906. The number of piperidine rings is 1. The highest BCUT2D eigenvalue weighted by molar-refractivity contribution is 7.89. The van der Waals surface area contributed by atoms with Crippen molar-refractivity contribution in [1.82, 2.24) is 9.62 Å². The average molecular weight is 447 g/mol. The summed E-state index contributed by atoms with van der Waals surface area (Å²) in [6.45, 7) is 1.39. The molecular formula is C23H30N2O5S. The van der Waals surface area contributed by atoms with Crippen molar-refractivity contribution < 1.29 is 22.7 Å². The van der Waals surface area contributed by atoms with E-state index in [1.165, 1.54) is 0 Å². The first-order valence-corrected chi connectivity index (χ1v) is 11.9. The Hall–Kier alpha value is -2.58. The van der Waals surface area contributed by atoms with Crippen molar-refractivity contribution in [2.45, 2.75) is 37.1 Å².